The van der Waals surface area contributed by atoms with Crippen molar-refractivity contribution in [2.24, 2.45) is 11.8 Å². The molecule has 1 aliphatic carbocycles. The Morgan fingerprint density at radius 1 is 1.47 bits per heavy atom. The molecule has 3 rings (SSSR count). The van der Waals surface area contributed by atoms with Crippen molar-refractivity contribution in [3.8, 4) is 5.75 Å². The largest absolute Gasteiger partial charge is 0.496 e. The number of hydrogen-bond donors (Lipinski definition) is 0. The van der Waals surface area contributed by atoms with Crippen LogP contribution < -0.4 is 4.74 Å². The average Bonchev–Trinajstić information content (AvgIpc) is 3.12. The number of allylic oxidation sites excluding steroid dienone is 2. The van der Waals surface area contributed by atoms with Crippen LogP contribution in [0.4, 0.5) is 4.39 Å². The Morgan fingerprint density at radius 2 is 2.20 bits per heavy atom. The first-order valence-corrected chi connectivity index (χ1v) is 9.95. The molecule has 0 spiro atoms. The summed E-state index contributed by atoms with van der Waals surface area (Å²) in [4.78, 5) is 26.3. The number of halogens is 1. The summed E-state index contributed by atoms with van der Waals surface area (Å²) in [5.41, 5.74) is -0.124. The van der Waals surface area contributed by atoms with E-state index in [0.29, 0.717) is 36.1 Å². The Bertz CT molecular complexity index is 894. The number of amides is 1. The van der Waals surface area contributed by atoms with Crippen molar-refractivity contribution in [3.05, 3.63) is 53.6 Å². The molecule has 1 aromatic carbocycles. The summed E-state index contributed by atoms with van der Waals surface area (Å²) < 4.78 is 31.7. The van der Waals surface area contributed by atoms with Crippen LogP contribution in [0.2, 0.25) is 0 Å². The summed E-state index contributed by atoms with van der Waals surface area (Å²) >= 11 is 0. The lowest BCUT2D eigenvalue weighted by atomic mass is 9.71. The molecule has 7 heteroatoms. The fraction of sp³-hybridized carbons (Fsp3) is 0.478. The van der Waals surface area contributed by atoms with Gasteiger partial charge < -0.3 is 19.1 Å². The SMILES string of the molecule is C=CC[C@H]1C[C@]2(C(C)Cc3cc(C(=O)N(C)C)c(OC)cc3F)OCOC2=CC1=O. The van der Waals surface area contributed by atoms with Crippen molar-refractivity contribution in [2.75, 3.05) is 28.0 Å². The number of fused-ring (bicyclic) bond motifs is 1. The van der Waals surface area contributed by atoms with Crippen LogP contribution in [-0.2, 0) is 20.7 Å². The Morgan fingerprint density at radius 3 is 2.83 bits per heavy atom. The Kier molecular flexibility index (Phi) is 6.31. The number of hydrogen-bond acceptors (Lipinski definition) is 5. The second kappa shape index (κ2) is 8.60. The summed E-state index contributed by atoms with van der Waals surface area (Å²) in [7, 11) is 4.67. The topological polar surface area (TPSA) is 65.1 Å². The minimum atomic E-state index is -0.806. The minimum Gasteiger partial charge on any atom is -0.496 e. The third-order valence-electron chi connectivity index (χ3n) is 5.95. The number of carbonyl (C=O) groups is 2. The van der Waals surface area contributed by atoms with Crippen molar-refractivity contribution < 1.29 is 28.2 Å². The molecule has 30 heavy (non-hydrogen) atoms. The van der Waals surface area contributed by atoms with E-state index in [0.717, 1.165) is 0 Å². The van der Waals surface area contributed by atoms with Crippen molar-refractivity contribution in [1.82, 2.24) is 4.90 Å². The highest BCUT2D eigenvalue weighted by Gasteiger charge is 2.51. The molecule has 1 saturated heterocycles. The smallest absolute Gasteiger partial charge is 0.257 e. The summed E-state index contributed by atoms with van der Waals surface area (Å²) in [6, 6.07) is 2.78. The van der Waals surface area contributed by atoms with Gasteiger partial charge in [-0.05, 0) is 36.8 Å². The second-order valence-electron chi connectivity index (χ2n) is 8.08. The summed E-state index contributed by atoms with van der Waals surface area (Å²) in [5, 5.41) is 0. The molecular formula is C23H28FNO5. The van der Waals surface area contributed by atoms with E-state index in [4.69, 9.17) is 14.2 Å². The highest BCUT2D eigenvalue weighted by atomic mass is 19.1. The Balaban J connectivity index is 1.95. The van der Waals surface area contributed by atoms with Crippen LogP contribution in [0.1, 0.15) is 35.7 Å². The van der Waals surface area contributed by atoms with E-state index >= 15 is 0 Å². The molecule has 1 fully saturated rings. The maximum Gasteiger partial charge on any atom is 0.257 e. The van der Waals surface area contributed by atoms with Crippen molar-refractivity contribution >= 4 is 11.7 Å². The van der Waals surface area contributed by atoms with Gasteiger partial charge in [0.15, 0.2) is 12.6 Å². The van der Waals surface area contributed by atoms with Crippen LogP contribution in [0.15, 0.2) is 36.6 Å². The lowest BCUT2D eigenvalue weighted by Gasteiger charge is -2.38. The van der Waals surface area contributed by atoms with Crippen LogP contribution in [0.5, 0.6) is 5.75 Å². The van der Waals surface area contributed by atoms with E-state index in [2.05, 4.69) is 6.58 Å². The molecule has 2 aliphatic rings. The molecule has 0 saturated carbocycles. The van der Waals surface area contributed by atoms with E-state index in [1.54, 1.807) is 20.2 Å². The van der Waals surface area contributed by atoms with Gasteiger partial charge in [-0.2, -0.15) is 0 Å². The number of ether oxygens (including phenoxy) is 3. The lowest BCUT2D eigenvalue weighted by Crippen LogP contribution is -2.45. The number of ketones is 1. The predicted octanol–water partition coefficient (Wildman–Crippen LogP) is 3.51. The number of methoxy groups -OCH3 is 1. The number of nitrogens with zero attached hydrogens (tertiary/aromatic N) is 1. The fourth-order valence-corrected chi connectivity index (χ4v) is 4.24. The molecular weight excluding hydrogens is 389 g/mol. The first-order valence-electron chi connectivity index (χ1n) is 9.95. The van der Waals surface area contributed by atoms with Crippen LogP contribution in [0, 0.1) is 17.7 Å². The highest BCUT2D eigenvalue weighted by Crippen LogP contribution is 2.46. The molecule has 162 valence electrons. The van der Waals surface area contributed by atoms with Gasteiger partial charge in [0.25, 0.3) is 5.91 Å². The van der Waals surface area contributed by atoms with Gasteiger partial charge >= 0.3 is 0 Å². The summed E-state index contributed by atoms with van der Waals surface area (Å²) in [6.07, 6.45) is 4.52. The van der Waals surface area contributed by atoms with E-state index in [1.807, 2.05) is 6.92 Å². The van der Waals surface area contributed by atoms with E-state index in [9.17, 15) is 14.0 Å². The van der Waals surface area contributed by atoms with Crippen LogP contribution >= 0.6 is 0 Å². The molecule has 0 radical (unpaired) electrons. The first kappa shape index (κ1) is 22.0. The molecule has 0 N–H and O–H groups in total. The van der Waals surface area contributed by atoms with Gasteiger partial charge in [0.05, 0.1) is 12.7 Å². The van der Waals surface area contributed by atoms with E-state index in [1.165, 1.54) is 30.2 Å². The summed E-state index contributed by atoms with van der Waals surface area (Å²) in [6.45, 7) is 5.74. The maximum atomic E-state index is 14.9. The van der Waals surface area contributed by atoms with Crippen LogP contribution in [0.3, 0.4) is 0 Å². The molecule has 6 nitrogen and oxygen atoms in total. The third kappa shape index (κ3) is 3.86. The van der Waals surface area contributed by atoms with Crippen molar-refractivity contribution in [3.63, 3.8) is 0 Å². The van der Waals surface area contributed by atoms with Gasteiger partial charge in [-0.3, -0.25) is 9.59 Å². The molecule has 0 aromatic heterocycles. The second-order valence-corrected chi connectivity index (χ2v) is 8.08. The zero-order valence-corrected chi connectivity index (χ0v) is 17.9. The highest BCUT2D eigenvalue weighted by molar-refractivity contribution is 5.97. The third-order valence-corrected chi connectivity index (χ3v) is 5.95. The van der Waals surface area contributed by atoms with Crippen molar-refractivity contribution in [1.29, 1.82) is 0 Å². The van der Waals surface area contributed by atoms with Crippen LogP contribution in [0.25, 0.3) is 0 Å². The van der Waals surface area contributed by atoms with Gasteiger partial charge in [-0.25, -0.2) is 4.39 Å². The molecule has 1 unspecified atom stereocenters. The quantitative estimate of drug-likeness (QED) is 0.636. The Hall–Kier alpha value is -2.67. The zero-order valence-electron chi connectivity index (χ0n) is 17.9. The van der Waals surface area contributed by atoms with Gasteiger partial charge in [-0.1, -0.05) is 13.0 Å². The molecule has 0 bridgehead atoms. The molecule has 1 aliphatic heterocycles. The minimum absolute atomic E-state index is 0.00674. The predicted molar refractivity (Wildman–Crippen MR) is 110 cm³/mol. The Labute approximate surface area is 176 Å². The number of benzene rings is 1. The molecule has 3 atom stereocenters. The van der Waals surface area contributed by atoms with Gasteiger partial charge in [0.2, 0.25) is 0 Å². The van der Waals surface area contributed by atoms with Gasteiger partial charge in [-0.15, -0.1) is 6.58 Å². The molecule has 1 heterocycles. The maximum absolute atomic E-state index is 14.9. The fourth-order valence-electron chi connectivity index (χ4n) is 4.24. The van der Waals surface area contributed by atoms with Gasteiger partial charge in [0.1, 0.15) is 22.9 Å². The van der Waals surface area contributed by atoms with E-state index in [-0.39, 0.29) is 36.1 Å². The van der Waals surface area contributed by atoms with E-state index < -0.39 is 11.4 Å². The van der Waals surface area contributed by atoms with Crippen molar-refractivity contribution in [2.45, 2.75) is 31.8 Å². The molecule has 1 aromatic rings. The first-order chi connectivity index (χ1) is 14.2. The zero-order chi connectivity index (χ0) is 22.1. The number of carbonyl (C=O) groups excluding carboxylic acids is 2. The van der Waals surface area contributed by atoms with Gasteiger partial charge in [0, 0.05) is 32.2 Å². The number of rotatable bonds is 7. The monoisotopic (exact) mass is 417 g/mol. The normalized spacial score (nSPS) is 23.8. The molecule has 1 amide bonds. The van der Waals surface area contributed by atoms with Crippen LogP contribution in [-0.4, -0.2) is 50.2 Å². The summed E-state index contributed by atoms with van der Waals surface area (Å²) in [5.74, 6) is -0.486. The average molecular weight is 417 g/mol. The standard InChI is InChI=1S/C23H28FNO5/c1-6-7-15-12-23(21(11-19(15)26)29-13-30-23)14(2)8-16-9-17(22(27)25(3)4)20(28-5)10-18(16)24/h6,9-11,14-15H,1,7-8,12-13H2,2-5H3/t14?,15-,23+/m0/s1. The lowest BCUT2D eigenvalue weighted by molar-refractivity contribution is -0.123.